The van der Waals surface area contributed by atoms with Crippen LogP contribution in [0.5, 0.6) is 0 Å². The maximum atomic E-state index is 12.8. The standard InChI is InChI=1S/C16H19N3O5S2/c1-17-15(20)14-10-12(11-25-14)26(22,23)19-6-3-5-18(7-8-19)16(21)13-4-2-9-24-13/h2,4,9-11H,3,5-8H2,1H3,(H,17,20). The molecule has 1 aliphatic rings. The van der Waals surface area contributed by atoms with E-state index in [1.54, 1.807) is 17.0 Å². The Kier molecular flexibility index (Phi) is 5.44. The molecular formula is C16H19N3O5S2. The summed E-state index contributed by atoms with van der Waals surface area (Å²) in [7, 11) is -2.21. The number of furan rings is 1. The third kappa shape index (κ3) is 3.67. The van der Waals surface area contributed by atoms with Crippen LogP contribution in [0, 0.1) is 0 Å². The van der Waals surface area contributed by atoms with E-state index in [1.807, 2.05) is 0 Å². The molecule has 26 heavy (non-hydrogen) atoms. The van der Waals surface area contributed by atoms with Crippen molar-refractivity contribution in [2.75, 3.05) is 33.2 Å². The fourth-order valence-corrected chi connectivity index (χ4v) is 5.42. The summed E-state index contributed by atoms with van der Waals surface area (Å²) in [6.45, 7) is 1.25. The molecule has 2 aromatic heterocycles. The number of carbonyl (C=O) groups excluding carboxylic acids is 2. The monoisotopic (exact) mass is 397 g/mol. The van der Waals surface area contributed by atoms with Gasteiger partial charge in [0.25, 0.3) is 11.8 Å². The van der Waals surface area contributed by atoms with E-state index in [1.165, 1.54) is 29.1 Å². The Labute approximate surface area is 155 Å². The summed E-state index contributed by atoms with van der Waals surface area (Å²) in [6, 6.07) is 4.62. The third-order valence-corrected chi connectivity index (χ3v) is 7.09. The molecule has 1 N–H and O–H groups in total. The predicted octanol–water partition coefficient (Wildman–Crippen LogP) is 1.24. The van der Waals surface area contributed by atoms with Crippen LogP contribution in [0.4, 0.5) is 0 Å². The molecule has 0 saturated carbocycles. The summed E-state index contributed by atoms with van der Waals surface area (Å²) in [5.74, 6) is -0.316. The van der Waals surface area contributed by atoms with E-state index in [2.05, 4.69) is 5.32 Å². The lowest BCUT2D eigenvalue weighted by atomic mass is 10.3. The number of nitrogens with one attached hydrogen (secondary N) is 1. The minimum atomic E-state index is -3.71. The molecule has 1 aliphatic heterocycles. The van der Waals surface area contributed by atoms with Crippen LogP contribution in [0.25, 0.3) is 0 Å². The molecule has 1 fully saturated rings. The maximum absolute atomic E-state index is 12.8. The molecule has 2 amide bonds. The zero-order chi connectivity index (χ0) is 18.7. The van der Waals surface area contributed by atoms with E-state index in [4.69, 9.17) is 4.42 Å². The van der Waals surface area contributed by atoms with Crippen LogP contribution in [-0.4, -0.2) is 62.7 Å². The molecule has 2 aromatic rings. The molecule has 3 rings (SSSR count). The van der Waals surface area contributed by atoms with Gasteiger partial charge in [-0.2, -0.15) is 4.31 Å². The van der Waals surface area contributed by atoms with Gasteiger partial charge in [-0.3, -0.25) is 9.59 Å². The van der Waals surface area contributed by atoms with Gasteiger partial charge >= 0.3 is 0 Å². The Balaban J connectivity index is 1.72. The van der Waals surface area contributed by atoms with Gasteiger partial charge in [-0.15, -0.1) is 11.3 Å². The minimum absolute atomic E-state index is 0.104. The normalized spacial score (nSPS) is 16.3. The first-order valence-electron chi connectivity index (χ1n) is 8.07. The zero-order valence-electron chi connectivity index (χ0n) is 14.2. The summed E-state index contributed by atoms with van der Waals surface area (Å²) in [5.41, 5.74) is 0. The van der Waals surface area contributed by atoms with Gasteiger partial charge in [0.05, 0.1) is 16.0 Å². The summed E-state index contributed by atoms with van der Waals surface area (Å²) in [5, 5.41) is 3.95. The second-order valence-corrected chi connectivity index (χ2v) is 8.60. The number of hydrogen-bond donors (Lipinski definition) is 1. The first-order chi connectivity index (χ1) is 12.4. The van der Waals surface area contributed by atoms with Gasteiger partial charge in [-0.1, -0.05) is 0 Å². The van der Waals surface area contributed by atoms with Crippen molar-refractivity contribution < 1.29 is 22.4 Å². The van der Waals surface area contributed by atoms with Crippen molar-refractivity contribution in [2.45, 2.75) is 11.3 Å². The Morgan fingerprint density at radius 3 is 2.73 bits per heavy atom. The van der Waals surface area contributed by atoms with Crippen molar-refractivity contribution in [1.82, 2.24) is 14.5 Å². The van der Waals surface area contributed by atoms with Gasteiger partial charge in [0, 0.05) is 38.6 Å². The van der Waals surface area contributed by atoms with Crippen LogP contribution in [0.1, 0.15) is 26.6 Å². The SMILES string of the molecule is CNC(=O)c1cc(S(=O)(=O)N2CCCN(C(=O)c3ccco3)CC2)cs1. The maximum Gasteiger partial charge on any atom is 0.289 e. The van der Waals surface area contributed by atoms with Crippen molar-refractivity contribution >= 4 is 33.2 Å². The van der Waals surface area contributed by atoms with Crippen molar-refractivity contribution in [2.24, 2.45) is 0 Å². The number of carbonyl (C=O) groups is 2. The summed E-state index contributed by atoms with van der Waals surface area (Å²) < 4.78 is 32.2. The summed E-state index contributed by atoms with van der Waals surface area (Å²) in [4.78, 5) is 26.1. The Morgan fingerprint density at radius 1 is 1.23 bits per heavy atom. The molecule has 0 bridgehead atoms. The summed E-state index contributed by atoms with van der Waals surface area (Å²) in [6.07, 6.45) is 1.96. The van der Waals surface area contributed by atoms with Crippen LogP contribution in [-0.2, 0) is 10.0 Å². The van der Waals surface area contributed by atoms with E-state index >= 15 is 0 Å². The minimum Gasteiger partial charge on any atom is -0.459 e. The molecule has 0 aromatic carbocycles. The molecule has 8 nitrogen and oxygen atoms in total. The lowest BCUT2D eigenvalue weighted by Gasteiger charge is -2.20. The van der Waals surface area contributed by atoms with E-state index < -0.39 is 10.0 Å². The van der Waals surface area contributed by atoms with Crippen molar-refractivity contribution in [1.29, 1.82) is 0 Å². The Hall–Kier alpha value is -2.17. The molecule has 3 heterocycles. The predicted molar refractivity (Wildman–Crippen MR) is 95.7 cm³/mol. The number of amides is 2. The average Bonchev–Trinajstić information content (AvgIpc) is 3.28. The van der Waals surface area contributed by atoms with Crippen LogP contribution in [0.15, 0.2) is 39.2 Å². The topological polar surface area (TPSA) is 99.9 Å². The molecule has 10 heteroatoms. The smallest absolute Gasteiger partial charge is 0.289 e. The fraction of sp³-hybridized carbons (Fsp3) is 0.375. The number of sulfonamides is 1. The molecule has 0 radical (unpaired) electrons. The molecular weight excluding hydrogens is 378 g/mol. The van der Waals surface area contributed by atoms with Crippen molar-refractivity contribution in [3.8, 4) is 0 Å². The first kappa shape index (κ1) is 18.6. The largest absolute Gasteiger partial charge is 0.459 e. The van der Waals surface area contributed by atoms with Gasteiger partial charge in [0.2, 0.25) is 10.0 Å². The number of nitrogens with zero attached hydrogens (tertiary/aromatic N) is 2. The third-order valence-electron chi connectivity index (χ3n) is 4.14. The average molecular weight is 397 g/mol. The number of thiophene rings is 1. The second-order valence-electron chi connectivity index (χ2n) is 5.75. The molecule has 0 spiro atoms. The van der Waals surface area contributed by atoms with Gasteiger partial charge in [-0.25, -0.2) is 8.42 Å². The van der Waals surface area contributed by atoms with Crippen LogP contribution in [0.3, 0.4) is 0 Å². The van der Waals surface area contributed by atoms with Gasteiger partial charge in [-0.05, 0) is 24.6 Å². The van der Waals surface area contributed by atoms with E-state index in [9.17, 15) is 18.0 Å². The molecule has 0 aliphatic carbocycles. The van der Waals surface area contributed by atoms with E-state index in [0.717, 1.165) is 11.3 Å². The van der Waals surface area contributed by atoms with Gasteiger partial charge in [0.1, 0.15) is 0 Å². The highest BCUT2D eigenvalue weighted by molar-refractivity contribution is 7.89. The number of rotatable bonds is 4. The van der Waals surface area contributed by atoms with Crippen LogP contribution >= 0.6 is 11.3 Å². The fourth-order valence-electron chi connectivity index (χ4n) is 2.74. The second kappa shape index (κ2) is 7.60. The lowest BCUT2D eigenvalue weighted by molar-refractivity contribution is 0.0732. The Bertz CT molecular complexity index is 889. The lowest BCUT2D eigenvalue weighted by Crippen LogP contribution is -2.37. The number of hydrogen-bond acceptors (Lipinski definition) is 6. The van der Waals surface area contributed by atoms with E-state index in [-0.39, 0.29) is 35.6 Å². The highest BCUT2D eigenvalue weighted by Gasteiger charge is 2.30. The van der Waals surface area contributed by atoms with E-state index in [0.29, 0.717) is 24.4 Å². The molecule has 1 saturated heterocycles. The van der Waals surface area contributed by atoms with Crippen molar-refractivity contribution in [3.05, 3.63) is 40.5 Å². The zero-order valence-corrected chi connectivity index (χ0v) is 15.8. The summed E-state index contributed by atoms with van der Waals surface area (Å²) >= 11 is 1.09. The highest BCUT2D eigenvalue weighted by Crippen LogP contribution is 2.24. The van der Waals surface area contributed by atoms with Gasteiger partial charge < -0.3 is 14.6 Å². The molecule has 0 atom stereocenters. The highest BCUT2D eigenvalue weighted by atomic mass is 32.2. The molecule has 140 valence electrons. The van der Waals surface area contributed by atoms with Crippen LogP contribution < -0.4 is 5.32 Å². The molecule has 0 unspecified atom stereocenters. The van der Waals surface area contributed by atoms with Crippen molar-refractivity contribution in [3.63, 3.8) is 0 Å². The van der Waals surface area contributed by atoms with Gasteiger partial charge in [0.15, 0.2) is 5.76 Å². The Morgan fingerprint density at radius 2 is 2.04 bits per heavy atom. The quantitative estimate of drug-likeness (QED) is 0.837. The first-order valence-corrected chi connectivity index (χ1v) is 10.4. The van der Waals surface area contributed by atoms with Crippen LogP contribution in [0.2, 0.25) is 0 Å².